The van der Waals surface area contributed by atoms with Crippen molar-refractivity contribution in [1.82, 2.24) is 14.7 Å². The number of nitrogens with zero attached hydrogens (tertiary/aromatic N) is 2. The Kier molecular flexibility index (Phi) is 4.52. The van der Waals surface area contributed by atoms with Crippen LogP contribution in [0.5, 0.6) is 0 Å². The molecule has 0 saturated carbocycles. The number of imidazole rings is 1. The molecule has 0 bridgehead atoms. The molecule has 5 heteroatoms. The van der Waals surface area contributed by atoms with Gasteiger partial charge < -0.3 is 14.8 Å². The van der Waals surface area contributed by atoms with Crippen molar-refractivity contribution in [3.8, 4) is 0 Å². The van der Waals surface area contributed by atoms with Gasteiger partial charge in [0.15, 0.2) is 0 Å². The molecule has 2 aromatic rings. The van der Waals surface area contributed by atoms with Crippen LogP contribution < -0.4 is 5.32 Å². The second-order valence-corrected chi connectivity index (χ2v) is 4.59. The Bertz CT molecular complexity index is 517. The van der Waals surface area contributed by atoms with E-state index in [0.29, 0.717) is 24.6 Å². The lowest BCUT2D eigenvalue weighted by Crippen LogP contribution is -2.29. The number of hydrogen-bond donors (Lipinski definition) is 2. The van der Waals surface area contributed by atoms with Crippen LogP contribution in [0.4, 0.5) is 0 Å². The maximum Gasteiger partial charge on any atom is 0.271 e. The Morgan fingerprint density at radius 2 is 2.37 bits per heavy atom. The number of amides is 1. The summed E-state index contributed by atoms with van der Waals surface area (Å²) in [6.07, 6.45) is 5.23. The summed E-state index contributed by atoms with van der Waals surface area (Å²) in [6, 6.07) is 5.64. The zero-order valence-corrected chi connectivity index (χ0v) is 11.0. The SMILES string of the molecule is CCC(CCO)CNC(=O)c1cn2ccccc2n1. The zero-order chi connectivity index (χ0) is 13.7. The monoisotopic (exact) mass is 261 g/mol. The molecule has 19 heavy (non-hydrogen) atoms. The molecule has 2 aromatic heterocycles. The number of aliphatic hydroxyl groups is 1. The third-order valence-corrected chi connectivity index (χ3v) is 3.26. The maximum atomic E-state index is 12.0. The lowest BCUT2D eigenvalue weighted by molar-refractivity contribution is 0.0939. The first-order valence-electron chi connectivity index (χ1n) is 6.57. The van der Waals surface area contributed by atoms with E-state index in [9.17, 15) is 4.79 Å². The summed E-state index contributed by atoms with van der Waals surface area (Å²) in [6.45, 7) is 2.78. The number of nitrogens with one attached hydrogen (secondary N) is 1. The second-order valence-electron chi connectivity index (χ2n) is 4.59. The number of pyridine rings is 1. The second kappa shape index (κ2) is 6.33. The fourth-order valence-corrected chi connectivity index (χ4v) is 2.00. The normalized spacial score (nSPS) is 12.5. The number of rotatable bonds is 6. The molecule has 0 fully saturated rings. The number of carbonyl (C=O) groups is 1. The first-order chi connectivity index (χ1) is 9.24. The van der Waals surface area contributed by atoms with Gasteiger partial charge in [0, 0.05) is 25.5 Å². The molecule has 0 aliphatic heterocycles. The minimum atomic E-state index is -0.167. The highest BCUT2D eigenvalue weighted by Gasteiger charge is 2.12. The fraction of sp³-hybridized carbons (Fsp3) is 0.429. The summed E-state index contributed by atoms with van der Waals surface area (Å²) in [5.41, 5.74) is 1.18. The van der Waals surface area contributed by atoms with Gasteiger partial charge in [-0.2, -0.15) is 0 Å². The predicted octanol–water partition coefficient (Wildman–Crippen LogP) is 1.47. The topological polar surface area (TPSA) is 66.6 Å². The van der Waals surface area contributed by atoms with Crippen molar-refractivity contribution >= 4 is 11.6 Å². The van der Waals surface area contributed by atoms with Crippen LogP contribution in [0, 0.1) is 5.92 Å². The molecule has 0 aromatic carbocycles. The van der Waals surface area contributed by atoms with Crippen molar-refractivity contribution in [2.45, 2.75) is 19.8 Å². The molecule has 1 atom stereocenters. The smallest absolute Gasteiger partial charge is 0.271 e. The molecule has 2 heterocycles. The van der Waals surface area contributed by atoms with Gasteiger partial charge in [0.2, 0.25) is 0 Å². The lowest BCUT2D eigenvalue weighted by atomic mass is 10.0. The highest BCUT2D eigenvalue weighted by molar-refractivity contribution is 5.92. The molecule has 1 unspecified atom stereocenters. The Hall–Kier alpha value is -1.88. The van der Waals surface area contributed by atoms with Crippen molar-refractivity contribution in [3.05, 3.63) is 36.3 Å². The number of fused-ring (bicyclic) bond motifs is 1. The number of aromatic nitrogens is 2. The van der Waals surface area contributed by atoms with E-state index < -0.39 is 0 Å². The van der Waals surface area contributed by atoms with Gasteiger partial charge in [0.1, 0.15) is 11.3 Å². The molecule has 0 saturated heterocycles. The maximum absolute atomic E-state index is 12.0. The minimum absolute atomic E-state index is 0.155. The number of aliphatic hydroxyl groups excluding tert-OH is 1. The van der Waals surface area contributed by atoms with Gasteiger partial charge in [-0.05, 0) is 24.5 Å². The molecule has 2 N–H and O–H groups in total. The molecule has 0 radical (unpaired) electrons. The molecule has 1 amide bonds. The van der Waals surface area contributed by atoms with Gasteiger partial charge in [0.05, 0.1) is 0 Å². The van der Waals surface area contributed by atoms with Crippen LogP contribution in [0.2, 0.25) is 0 Å². The Labute approximate surface area is 112 Å². The number of hydrogen-bond acceptors (Lipinski definition) is 3. The van der Waals surface area contributed by atoms with Gasteiger partial charge >= 0.3 is 0 Å². The molecule has 0 spiro atoms. The standard InChI is InChI=1S/C14H19N3O2/c1-2-11(6-8-18)9-15-14(19)12-10-17-7-4-3-5-13(17)16-12/h3-5,7,10-11,18H,2,6,8-9H2,1H3,(H,15,19). The number of carbonyl (C=O) groups excluding carboxylic acids is 1. The van der Waals surface area contributed by atoms with E-state index in [-0.39, 0.29) is 12.5 Å². The van der Waals surface area contributed by atoms with Gasteiger partial charge in [0.25, 0.3) is 5.91 Å². The van der Waals surface area contributed by atoms with Crippen LogP contribution >= 0.6 is 0 Å². The van der Waals surface area contributed by atoms with Crippen LogP contribution in [-0.2, 0) is 0 Å². The first-order valence-corrected chi connectivity index (χ1v) is 6.57. The van der Waals surface area contributed by atoms with Crippen LogP contribution in [0.3, 0.4) is 0 Å². The summed E-state index contributed by atoms with van der Waals surface area (Å²) >= 11 is 0. The molecule has 0 aliphatic rings. The van der Waals surface area contributed by atoms with Crippen molar-refractivity contribution < 1.29 is 9.90 Å². The van der Waals surface area contributed by atoms with Crippen LogP contribution in [-0.4, -0.2) is 33.6 Å². The van der Waals surface area contributed by atoms with Gasteiger partial charge in [-0.3, -0.25) is 4.79 Å². The highest BCUT2D eigenvalue weighted by atomic mass is 16.3. The van der Waals surface area contributed by atoms with Crippen molar-refractivity contribution in [2.75, 3.05) is 13.2 Å². The van der Waals surface area contributed by atoms with E-state index in [1.165, 1.54) is 0 Å². The van der Waals surface area contributed by atoms with E-state index >= 15 is 0 Å². The minimum Gasteiger partial charge on any atom is -0.396 e. The van der Waals surface area contributed by atoms with E-state index in [1.54, 1.807) is 6.20 Å². The summed E-state index contributed by atoms with van der Waals surface area (Å²) in [5.74, 6) is 0.145. The molecular formula is C14H19N3O2. The van der Waals surface area contributed by atoms with E-state index in [4.69, 9.17) is 5.11 Å². The molecule has 0 aliphatic carbocycles. The van der Waals surface area contributed by atoms with Crippen LogP contribution in [0.15, 0.2) is 30.6 Å². The molecule has 102 valence electrons. The van der Waals surface area contributed by atoms with Crippen molar-refractivity contribution in [1.29, 1.82) is 0 Å². The van der Waals surface area contributed by atoms with E-state index in [0.717, 1.165) is 12.1 Å². The molecule has 2 rings (SSSR count). The molecular weight excluding hydrogens is 242 g/mol. The average molecular weight is 261 g/mol. The van der Waals surface area contributed by atoms with Gasteiger partial charge in [-0.15, -0.1) is 0 Å². The summed E-state index contributed by atoms with van der Waals surface area (Å²) < 4.78 is 1.82. The Balaban J connectivity index is 1.99. The van der Waals surface area contributed by atoms with Gasteiger partial charge in [-0.1, -0.05) is 19.4 Å². The van der Waals surface area contributed by atoms with Crippen molar-refractivity contribution in [3.63, 3.8) is 0 Å². The van der Waals surface area contributed by atoms with Crippen LogP contribution in [0.1, 0.15) is 30.3 Å². The van der Waals surface area contributed by atoms with Crippen LogP contribution in [0.25, 0.3) is 5.65 Å². The third kappa shape index (κ3) is 3.32. The summed E-state index contributed by atoms with van der Waals surface area (Å²) in [5, 5.41) is 11.8. The lowest BCUT2D eigenvalue weighted by Gasteiger charge is -2.13. The third-order valence-electron chi connectivity index (χ3n) is 3.26. The quantitative estimate of drug-likeness (QED) is 0.827. The Morgan fingerprint density at radius 3 is 3.05 bits per heavy atom. The highest BCUT2D eigenvalue weighted by Crippen LogP contribution is 2.07. The molecule has 5 nitrogen and oxygen atoms in total. The Morgan fingerprint density at radius 1 is 1.53 bits per heavy atom. The average Bonchev–Trinajstić information content (AvgIpc) is 2.87. The van der Waals surface area contributed by atoms with E-state index in [1.807, 2.05) is 28.8 Å². The first kappa shape index (κ1) is 13.5. The zero-order valence-electron chi connectivity index (χ0n) is 11.0. The summed E-state index contributed by atoms with van der Waals surface area (Å²) in [4.78, 5) is 16.3. The summed E-state index contributed by atoms with van der Waals surface area (Å²) in [7, 11) is 0. The fourth-order valence-electron chi connectivity index (χ4n) is 2.00. The predicted molar refractivity (Wildman–Crippen MR) is 73.0 cm³/mol. The largest absolute Gasteiger partial charge is 0.396 e. The van der Waals surface area contributed by atoms with Gasteiger partial charge in [-0.25, -0.2) is 4.98 Å². The van der Waals surface area contributed by atoms with E-state index in [2.05, 4.69) is 17.2 Å². The van der Waals surface area contributed by atoms with Crippen molar-refractivity contribution in [2.24, 2.45) is 5.92 Å².